The average Bonchev–Trinajstić information content (AvgIpc) is 2.56. The van der Waals surface area contributed by atoms with Crippen LogP contribution in [0.2, 0.25) is 0 Å². The molecule has 0 atom stereocenters. The highest BCUT2D eigenvalue weighted by atomic mass is 14.9. The zero-order valence-electron chi connectivity index (χ0n) is 9.34. The van der Waals surface area contributed by atoms with Crippen LogP contribution in [0.15, 0.2) is 12.1 Å². The molecule has 1 saturated heterocycles. The summed E-state index contributed by atoms with van der Waals surface area (Å²) in [6.07, 6.45) is 5.12. The number of fused-ring (bicyclic) bond motifs is 1. The molecular weight excluding hydrogens is 184 g/mol. The van der Waals surface area contributed by atoms with Crippen molar-refractivity contribution in [3.05, 3.63) is 29.1 Å². The Balaban J connectivity index is 1.90. The molecule has 3 rings (SSSR count). The van der Waals surface area contributed by atoms with Crippen LogP contribution in [0.4, 0.5) is 0 Å². The van der Waals surface area contributed by atoms with Crippen LogP contribution in [0.3, 0.4) is 0 Å². The first-order valence-corrected chi connectivity index (χ1v) is 5.94. The van der Waals surface area contributed by atoms with Crippen molar-refractivity contribution in [1.29, 1.82) is 0 Å². The van der Waals surface area contributed by atoms with E-state index in [2.05, 4.69) is 29.4 Å². The minimum absolute atomic E-state index is 0.550. The summed E-state index contributed by atoms with van der Waals surface area (Å²) in [5.41, 5.74) is 4.59. The normalized spacial score (nSPS) is 23.0. The van der Waals surface area contributed by atoms with Crippen molar-refractivity contribution in [2.75, 3.05) is 13.1 Å². The van der Waals surface area contributed by atoms with Gasteiger partial charge in [0.25, 0.3) is 0 Å². The lowest BCUT2D eigenvalue weighted by molar-refractivity contribution is 0.215. The molecule has 0 unspecified atom stereocenters. The molecule has 0 radical (unpaired) electrons. The minimum Gasteiger partial charge on any atom is -0.317 e. The Morgan fingerprint density at radius 1 is 1.20 bits per heavy atom. The zero-order chi connectivity index (χ0) is 10.3. The first-order chi connectivity index (χ1) is 7.27. The smallest absolute Gasteiger partial charge is 0.0444 e. The molecule has 2 nitrogen and oxygen atoms in total. The Labute approximate surface area is 91.1 Å². The molecule has 1 aromatic rings. The van der Waals surface area contributed by atoms with Gasteiger partial charge in [0.15, 0.2) is 0 Å². The summed E-state index contributed by atoms with van der Waals surface area (Å²) in [5, 5.41) is 3.45. The van der Waals surface area contributed by atoms with Gasteiger partial charge in [-0.2, -0.15) is 0 Å². The van der Waals surface area contributed by atoms with Crippen molar-refractivity contribution >= 4 is 0 Å². The van der Waals surface area contributed by atoms with Gasteiger partial charge >= 0.3 is 0 Å². The number of aromatic nitrogens is 1. The first-order valence-electron chi connectivity index (χ1n) is 5.94. The summed E-state index contributed by atoms with van der Waals surface area (Å²) in [6.45, 7) is 4.47. The second-order valence-corrected chi connectivity index (χ2v) is 5.16. The number of hydrogen-bond acceptors (Lipinski definition) is 2. The van der Waals surface area contributed by atoms with Crippen LogP contribution in [-0.2, 0) is 12.8 Å². The highest BCUT2D eigenvalue weighted by Gasteiger charge is 2.38. The second-order valence-electron chi connectivity index (χ2n) is 5.16. The maximum absolute atomic E-state index is 4.68. The van der Waals surface area contributed by atoms with E-state index in [1.54, 1.807) is 0 Å². The predicted octanol–water partition coefficient (Wildman–Crippen LogP) is 1.86. The molecule has 1 aromatic heterocycles. The molecule has 2 aliphatic rings. The Kier molecular flexibility index (Phi) is 2.06. The number of nitrogens with zero attached hydrogens (tertiary/aromatic N) is 1. The van der Waals surface area contributed by atoms with E-state index in [-0.39, 0.29) is 0 Å². The number of hydrogen-bond donors (Lipinski definition) is 1. The molecule has 1 fully saturated rings. The average molecular weight is 202 g/mol. The van der Waals surface area contributed by atoms with Crippen molar-refractivity contribution < 1.29 is 0 Å². The zero-order valence-corrected chi connectivity index (χ0v) is 9.34. The monoisotopic (exact) mass is 202 g/mol. The molecular formula is C13H18N2. The largest absolute Gasteiger partial charge is 0.317 e. The van der Waals surface area contributed by atoms with Gasteiger partial charge in [-0.1, -0.05) is 6.07 Å². The van der Waals surface area contributed by atoms with E-state index in [0.29, 0.717) is 5.41 Å². The number of aryl methyl sites for hydroxylation is 1. The van der Waals surface area contributed by atoms with Crippen molar-refractivity contribution in [1.82, 2.24) is 10.3 Å². The van der Waals surface area contributed by atoms with Crippen molar-refractivity contribution in [2.24, 2.45) is 5.41 Å². The lowest BCUT2D eigenvalue weighted by Gasteiger charge is -2.33. The van der Waals surface area contributed by atoms with Gasteiger partial charge in [0.05, 0.1) is 0 Å². The second kappa shape index (κ2) is 3.31. The van der Waals surface area contributed by atoms with E-state index < -0.39 is 0 Å². The molecule has 15 heavy (non-hydrogen) atoms. The fourth-order valence-electron chi connectivity index (χ4n) is 3.09. The van der Waals surface area contributed by atoms with Crippen LogP contribution in [0, 0.1) is 12.3 Å². The highest BCUT2D eigenvalue weighted by Crippen LogP contribution is 2.42. The van der Waals surface area contributed by atoms with E-state index in [1.165, 1.54) is 55.7 Å². The molecule has 0 bridgehead atoms. The molecule has 2 heterocycles. The standard InChI is InChI=1S/C13H18N2/c1-10-2-3-11-8-13(9-12(11)15-10)4-6-14-7-5-13/h2-3,14H,4-9H2,1H3. The minimum atomic E-state index is 0.550. The van der Waals surface area contributed by atoms with Crippen LogP contribution >= 0.6 is 0 Å². The third-order valence-electron chi connectivity index (χ3n) is 3.98. The maximum Gasteiger partial charge on any atom is 0.0444 e. The summed E-state index contributed by atoms with van der Waals surface area (Å²) < 4.78 is 0. The van der Waals surface area contributed by atoms with E-state index in [0.717, 1.165) is 0 Å². The first kappa shape index (κ1) is 9.34. The molecule has 1 spiro atoms. The Hall–Kier alpha value is -0.890. The number of nitrogens with one attached hydrogen (secondary N) is 1. The maximum atomic E-state index is 4.68. The predicted molar refractivity (Wildman–Crippen MR) is 60.9 cm³/mol. The SMILES string of the molecule is Cc1ccc2c(n1)CC1(CCNCC1)C2. The van der Waals surface area contributed by atoms with Gasteiger partial charge in [0, 0.05) is 11.4 Å². The van der Waals surface area contributed by atoms with E-state index in [4.69, 9.17) is 0 Å². The van der Waals surface area contributed by atoms with Crippen molar-refractivity contribution in [3.63, 3.8) is 0 Å². The van der Waals surface area contributed by atoms with Crippen LogP contribution in [0.5, 0.6) is 0 Å². The fourth-order valence-corrected chi connectivity index (χ4v) is 3.09. The van der Waals surface area contributed by atoms with Gasteiger partial charge in [-0.15, -0.1) is 0 Å². The summed E-state index contributed by atoms with van der Waals surface area (Å²) >= 11 is 0. The van der Waals surface area contributed by atoms with Crippen LogP contribution in [0.1, 0.15) is 29.8 Å². The summed E-state index contributed by atoms with van der Waals surface area (Å²) in [5.74, 6) is 0. The van der Waals surface area contributed by atoms with Gasteiger partial charge < -0.3 is 5.32 Å². The Bertz CT molecular complexity index is 378. The van der Waals surface area contributed by atoms with E-state index in [9.17, 15) is 0 Å². The van der Waals surface area contributed by atoms with Crippen LogP contribution < -0.4 is 5.32 Å². The highest BCUT2D eigenvalue weighted by molar-refractivity contribution is 5.30. The van der Waals surface area contributed by atoms with E-state index in [1.807, 2.05) is 0 Å². The van der Waals surface area contributed by atoms with Crippen molar-refractivity contribution in [2.45, 2.75) is 32.6 Å². The molecule has 1 aliphatic carbocycles. The van der Waals surface area contributed by atoms with Gasteiger partial charge in [-0.05, 0) is 62.7 Å². The lowest BCUT2D eigenvalue weighted by atomic mass is 9.77. The molecule has 0 amide bonds. The molecule has 0 saturated carbocycles. The third-order valence-corrected chi connectivity index (χ3v) is 3.98. The van der Waals surface area contributed by atoms with Gasteiger partial charge in [0.1, 0.15) is 0 Å². The Morgan fingerprint density at radius 2 is 2.00 bits per heavy atom. The van der Waals surface area contributed by atoms with Gasteiger partial charge in [-0.3, -0.25) is 4.98 Å². The summed E-state index contributed by atoms with van der Waals surface area (Å²) in [6, 6.07) is 4.44. The molecule has 1 aliphatic heterocycles. The van der Waals surface area contributed by atoms with Crippen LogP contribution in [-0.4, -0.2) is 18.1 Å². The fraction of sp³-hybridized carbons (Fsp3) is 0.615. The third kappa shape index (κ3) is 1.57. The molecule has 1 N–H and O–H groups in total. The van der Waals surface area contributed by atoms with Crippen molar-refractivity contribution in [3.8, 4) is 0 Å². The van der Waals surface area contributed by atoms with E-state index >= 15 is 0 Å². The summed E-state index contributed by atoms with van der Waals surface area (Å²) in [4.78, 5) is 4.68. The molecule has 0 aromatic carbocycles. The summed E-state index contributed by atoms with van der Waals surface area (Å²) in [7, 11) is 0. The molecule has 80 valence electrons. The Morgan fingerprint density at radius 3 is 2.80 bits per heavy atom. The quantitative estimate of drug-likeness (QED) is 0.694. The molecule has 2 heteroatoms. The number of rotatable bonds is 0. The van der Waals surface area contributed by atoms with Crippen LogP contribution in [0.25, 0.3) is 0 Å². The number of pyridine rings is 1. The number of piperidine rings is 1. The topological polar surface area (TPSA) is 24.9 Å². The van der Waals surface area contributed by atoms with Gasteiger partial charge in [0.2, 0.25) is 0 Å². The van der Waals surface area contributed by atoms with Gasteiger partial charge in [-0.25, -0.2) is 0 Å². The lowest BCUT2D eigenvalue weighted by Crippen LogP contribution is -2.37.